The van der Waals surface area contributed by atoms with E-state index in [0.29, 0.717) is 10.8 Å². The van der Waals surface area contributed by atoms with E-state index in [9.17, 15) is 0 Å². The van der Waals surface area contributed by atoms with Gasteiger partial charge in [0, 0.05) is 31.4 Å². The second-order valence-electron chi connectivity index (χ2n) is 4.23. The predicted octanol–water partition coefficient (Wildman–Crippen LogP) is 1.46. The summed E-state index contributed by atoms with van der Waals surface area (Å²) in [4.78, 5) is 8.89. The molecule has 0 bridgehead atoms. The van der Waals surface area contributed by atoms with Crippen LogP contribution in [0.2, 0.25) is 5.15 Å². The Hall–Kier alpha value is -1.00. The molecule has 1 aromatic heterocycles. The van der Waals surface area contributed by atoms with Gasteiger partial charge in [-0.25, -0.2) is 4.98 Å². The smallest absolute Gasteiger partial charge is 0.133 e. The van der Waals surface area contributed by atoms with Crippen LogP contribution in [0.5, 0.6) is 0 Å². The van der Waals surface area contributed by atoms with Gasteiger partial charge < -0.3 is 15.5 Å². The second-order valence-corrected chi connectivity index (χ2v) is 4.61. The first-order valence-corrected chi connectivity index (χ1v) is 5.89. The van der Waals surface area contributed by atoms with Gasteiger partial charge in [0.05, 0.1) is 0 Å². The first kappa shape index (κ1) is 11.5. The molecular weight excluding hydrogens is 224 g/mol. The van der Waals surface area contributed by atoms with Crippen LogP contribution in [-0.2, 0) is 0 Å². The van der Waals surface area contributed by atoms with Crippen molar-refractivity contribution in [2.75, 3.05) is 43.9 Å². The number of anilines is 2. The van der Waals surface area contributed by atoms with E-state index < -0.39 is 0 Å². The fourth-order valence-corrected chi connectivity index (χ4v) is 2.15. The number of pyridine rings is 1. The molecule has 0 saturated carbocycles. The Morgan fingerprint density at radius 2 is 2.06 bits per heavy atom. The van der Waals surface area contributed by atoms with E-state index in [0.717, 1.165) is 38.4 Å². The largest absolute Gasteiger partial charge is 0.399 e. The van der Waals surface area contributed by atoms with Crippen LogP contribution in [0.1, 0.15) is 6.42 Å². The van der Waals surface area contributed by atoms with Crippen molar-refractivity contribution < 1.29 is 0 Å². The lowest BCUT2D eigenvalue weighted by Crippen LogP contribution is -2.29. The van der Waals surface area contributed by atoms with Crippen molar-refractivity contribution in [2.24, 2.45) is 0 Å². The summed E-state index contributed by atoms with van der Waals surface area (Å²) < 4.78 is 0. The third-order valence-electron chi connectivity index (χ3n) is 2.85. The highest BCUT2D eigenvalue weighted by Gasteiger charge is 2.14. The first-order chi connectivity index (χ1) is 7.65. The number of likely N-dealkylation sites (N-methyl/N-ethyl adjacent to an activating group) is 1. The molecule has 0 spiro atoms. The van der Waals surface area contributed by atoms with Gasteiger partial charge in [0.25, 0.3) is 0 Å². The molecule has 2 heterocycles. The molecule has 88 valence electrons. The summed E-state index contributed by atoms with van der Waals surface area (Å²) in [6.07, 6.45) is 1.14. The van der Waals surface area contributed by atoms with Gasteiger partial charge in [-0.3, -0.25) is 0 Å². The fraction of sp³-hybridized carbons (Fsp3) is 0.545. The van der Waals surface area contributed by atoms with Crippen molar-refractivity contribution in [1.29, 1.82) is 0 Å². The maximum atomic E-state index is 5.91. The second kappa shape index (κ2) is 4.89. The Bertz CT molecular complexity index is 349. The van der Waals surface area contributed by atoms with Crippen LogP contribution in [0.15, 0.2) is 12.1 Å². The quantitative estimate of drug-likeness (QED) is 0.755. The van der Waals surface area contributed by atoms with E-state index in [2.05, 4.69) is 21.8 Å². The molecule has 1 saturated heterocycles. The Morgan fingerprint density at radius 1 is 1.25 bits per heavy atom. The summed E-state index contributed by atoms with van der Waals surface area (Å²) in [6.45, 7) is 4.17. The maximum Gasteiger partial charge on any atom is 0.133 e. The third kappa shape index (κ3) is 2.77. The maximum absolute atomic E-state index is 5.91. The molecule has 4 nitrogen and oxygen atoms in total. The van der Waals surface area contributed by atoms with Gasteiger partial charge in [-0.1, -0.05) is 11.6 Å². The van der Waals surface area contributed by atoms with Crippen LogP contribution in [-0.4, -0.2) is 43.1 Å². The molecule has 0 aromatic carbocycles. The minimum Gasteiger partial charge on any atom is -0.399 e. The lowest BCUT2D eigenvalue weighted by molar-refractivity contribution is 0.360. The number of nitrogen functional groups attached to an aromatic ring is 1. The first-order valence-electron chi connectivity index (χ1n) is 5.52. The van der Waals surface area contributed by atoms with Gasteiger partial charge in [0.15, 0.2) is 0 Å². The SMILES string of the molecule is CN1CCCN(c2cc(N)cc(Cl)n2)CC1. The third-order valence-corrected chi connectivity index (χ3v) is 3.04. The highest BCUT2D eigenvalue weighted by Crippen LogP contribution is 2.20. The zero-order chi connectivity index (χ0) is 11.5. The van der Waals surface area contributed by atoms with Crippen molar-refractivity contribution >= 4 is 23.1 Å². The molecule has 0 atom stereocenters. The minimum atomic E-state index is 0.465. The van der Waals surface area contributed by atoms with Crippen molar-refractivity contribution in [2.45, 2.75) is 6.42 Å². The number of halogens is 1. The molecule has 16 heavy (non-hydrogen) atoms. The zero-order valence-corrected chi connectivity index (χ0v) is 10.2. The molecule has 0 amide bonds. The lowest BCUT2D eigenvalue weighted by Gasteiger charge is -2.21. The van der Waals surface area contributed by atoms with E-state index in [1.54, 1.807) is 6.07 Å². The number of rotatable bonds is 1. The molecule has 1 aliphatic rings. The monoisotopic (exact) mass is 240 g/mol. The molecule has 0 aliphatic carbocycles. The van der Waals surface area contributed by atoms with Crippen molar-refractivity contribution in [3.63, 3.8) is 0 Å². The van der Waals surface area contributed by atoms with Crippen LogP contribution in [0.25, 0.3) is 0 Å². The molecule has 1 fully saturated rings. The van der Waals surface area contributed by atoms with Crippen LogP contribution in [0.4, 0.5) is 11.5 Å². The van der Waals surface area contributed by atoms with Gasteiger partial charge in [0.2, 0.25) is 0 Å². The molecule has 0 unspecified atom stereocenters. The van der Waals surface area contributed by atoms with Crippen LogP contribution >= 0.6 is 11.6 Å². The molecule has 1 aromatic rings. The van der Waals surface area contributed by atoms with E-state index in [-0.39, 0.29) is 0 Å². The Labute approximate surface area is 101 Å². The minimum absolute atomic E-state index is 0.465. The van der Waals surface area contributed by atoms with Crippen molar-refractivity contribution in [3.8, 4) is 0 Å². The van der Waals surface area contributed by atoms with E-state index >= 15 is 0 Å². The fourth-order valence-electron chi connectivity index (χ4n) is 1.94. The topological polar surface area (TPSA) is 45.4 Å². The summed E-state index contributed by atoms with van der Waals surface area (Å²) in [6, 6.07) is 3.56. The summed E-state index contributed by atoms with van der Waals surface area (Å²) in [7, 11) is 2.14. The van der Waals surface area contributed by atoms with Crippen LogP contribution < -0.4 is 10.6 Å². The molecule has 2 N–H and O–H groups in total. The van der Waals surface area contributed by atoms with Crippen LogP contribution in [0.3, 0.4) is 0 Å². The van der Waals surface area contributed by atoms with E-state index in [4.69, 9.17) is 17.3 Å². The van der Waals surface area contributed by atoms with E-state index in [1.807, 2.05) is 6.07 Å². The normalized spacial score (nSPS) is 18.5. The average molecular weight is 241 g/mol. The van der Waals surface area contributed by atoms with Gasteiger partial charge >= 0.3 is 0 Å². The van der Waals surface area contributed by atoms with Gasteiger partial charge in [0.1, 0.15) is 11.0 Å². The lowest BCUT2D eigenvalue weighted by atomic mass is 10.3. The molecule has 1 aliphatic heterocycles. The summed E-state index contributed by atoms with van der Waals surface area (Å²) in [5.74, 6) is 0.889. The van der Waals surface area contributed by atoms with Crippen molar-refractivity contribution in [3.05, 3.63) is 17.3 Å². The standard InChI is InChI=1S/C11H17ClN4/c1-15-3-2-4-16(6-5-15)11-8-9(13)7-10(12)14-11/h7-8H,2-6H2,1H3,(H2,13,14). The number of nitrogens with two attached hydrogens (primary N) is 1. The van der Waals surface area contributed by atoms with Gasteiger partial charge in [-0.15, -0.1) is 0 Å². The Balaban J connectivity index is 2.16. The van der Waals surface area contributed by atoms with Crippen molar-refractivity contribution in [1.82, 2.24) is 9.88 Å². The zero-order valence-electron chi connectivity index (χ0n) is 9.49. The number of aromatic nitrogens is 1. The van der Waals surface area contributed by atoms with Gasteiger partial charge in [-0.05, 0) is 26.1 Å². The Morgan fingerprint density at radius 3 is 2.81 bits per heavy atom. The van der Waals surface area contributed by atoms with Crippen LogP contribution in [0, 0.1) is 0 Å². The molecule has 2 rings (SSSR count). The number of hydrogen-bond acceptors (Lipinski definition) is 4. The highest BCUT2D eigenvalue weighted by atomic mass is 35.5. The number of nitrogens with zero attached hydrogens (tertiary/aromatic N) is 3. The summed E-state index contributed by atoms with van der Waals surface area (Å²) >= 11 is 5.91. The molecular formula is C11H17ClN4. The van der Waals surface area contributed by atoms with Gasteiger partial charge in [-0.2, -0.15) is 0 Å². The van der Waals surface area contributed by atoms with E-state index in [1.165, 1.54) is 0 Å². The molecule has 5 heteroatoms. The average Bonchev–Trinajstić information content (AvgIpc) is 2.41. The molecule has 0 radical (unpaired) electrons. The number of hydrogen-bond donors (Lipinski definition) is 1. The predicted molar refractivity (Wildman–Crippen MR) is 68.0 cm³/mol. The summed E-state index contributed by atoms with van der Waals surface area (Å²) in [5, 5.41) is 0.465. The highest BCUT2D eigenvalue weighted by molar-refractivity contribution is 6.29. The Kier molecular flexibility index (Phi) is 3.51. The summed E-state index contributed by atoms with van der Waals surface area (Å²) in [5.41, 5.74) is 6.44.